The monoisotopic (exact) mass is 248 g/mol. The molecule has 0 bridgehead atoms. The maximum atomic E-state index is 11.5. The highest BCUT2D eigenvalue weighted by molar-refractivity contribution is 5.92. The van der Waals surface area contributed by atoms with Crippen LogP contribution in [-0.2, 0) is 0 Å². The summed E-state index contributed by atoms with van der Waals surface area (Å²) in [6.07, 6.45) is 3.81. The van der Waals surface area contributed by atoms with Gasteiger partial charge in [-0.25, -0.2) is 0 Å². The Morgan fingerprint density at radius 1 is 1.44 bits per heavy atom. The van der Waals surface area contributed by atoms with Gasteiger partial charge in [0.15, 0.2) is 0 Å². The van der Waals surface area contributed by atoms with Crippen LogP contribution >= 0.6 is 0 Å². The highest BCUT2D eigenvalue weighted by atomic mass is 16.1. The predicted molar refractivity (Wildman–Crippen MR) is 71.8 cm³/mol. The fraction of sp³-hybridized carbons (Fsp3) is 0.538. The number of carbonyl (C=O) groups excluding carboxylic acids is 1. The van der Waals surface area contributed by atoms with Crippen LogP contribution < -0.4 is 16.0 Å². The van der Waals surface area contributed by atoms with Gasteiger partial charge in [-0.15, -0.1) is 0 Å². The van der Waals surface area contributed by atoms with Gasteiger partial charge in [-0.1, -0.05) is 0 Å². The van der Waals surface area contributed by atoms with Gasteiger partial charge in [-0.2, -0.15) is 0 Å². The van der Waals surface area contributed by atoms with Crippen molar-refractivity contribution in [1.29, 1.82) is 0 Å². The Hall–Kier alpha value is -1.62. The van der Waals surface area contributed by atoms with Crippen LogP contribution in [0.3, 0.4) is 0 Å². The van der Waals surface area contributed by atoms with E-state index in [1.54, 1.807) is 19.3 Å². The molecule has 1 aromatic rings. The Kier molecular flexibility index (Phi) is 3.81. The van der Waals surface area contributed by atoms with Crippen molar-refractivity contribution in [1.82, 2.24) is 15.6 Å². The molecule has 18 heavy (non-hydrogen) atoms. The molecule has 5 nitrogen and oxygen atoms in total. The van der Waals surface area contributed by atoms with Gasteiger partial charge in [0.05, 0.1) is 0 Å². The maximum Gasteiger partial charge on any atom is 0.269 e. The largest absolute Gasteiger partial charge is 0.380 e. The molecule has 5 heteroatoms. The maximum absolute atomic E-state index is 11.5. The topological polar surface area (TPSA) is 66.1 Å². The van der Waals surface area contributed by atoms with Gasteiger partial charge in [-0.3, -0.25) is 9.78 Å². The van der Waals surface area contributed by atoms with Crippen molar-refractivity contribution in [2.75, 3.05) is 25.5 Å². The SMILES string of the molecule is CNC(=O)c1cc(NC2(C)CCNCC2)ccn1. The number of anilines is 1. The number of aromatic nitrogens is 1. The predicted octanol–water partition coefficient (Wildman–Crippen LogP) is 0.995. The van der Waals surface area contributed by atoms with Gasteiger partial charge in [0, 0.05) is 24.5 Å². The number of nitrogens with zero attached hydrogens (tertiary/aromatic N) is 1. The molecule has 1 aliphatic heterocycles. The van der Waals surface area contributed by atoms with Gasteiger partial charge < -0.3 is 16.0 Å². The molecule has 3 N–H and O–H groups in total. The first-order valence-electron chi connectivity index (χ1n) is 6.30. The molecule has 1 aliphatic rings. The molecule has 1 amide bonds. The summed E-state index contributed by atoms with van der Waals surface area (Å²) in [5.41, 5.74) is 1.49. The fourth-order valence-electron chi connectivity index (χ4n) is 2.21. The average molecular weight is 248 g/mol. The molecule has 0 atom stereocenters. The summed E-state index contributed by atoms with van der Waals surface area (Å²) in [7, 11) is 1.61. The van der Waals surface area contributed by atoms with Crippen LogP contribution in [0.1, 0.15) is 30.3 Å². The van der Waals surface area contributed by atoms with Crippen molar-refractivity contribution < 1.29 is 4.79 Å². The van der Waals surface area contributed by atoms with Crippen LogP contribution in [0.2, 0.25) is 0 Å². The molecule has 0 radical (unpaired) electrons. The van der Waals surface area contributed by atoms with E-state index in [0.717, 1.165) is 31.6 Å². The lowest BCUT2D eigenvalue weighted by Gasteiger charge is -2.36. The van der Waals surface area contributed by atoms with Crippen molar-refractivity contribution in [3.63, 3.8) is 0 Å². The van der Waals surface area contributed by atoms with Crippen molar-refractivity contribution in [2.24, 2.45) is 0 Å². The first kappa shape index (κ1) is 12.8. The lowest BCUT2D eigenvalue weighted by molar-refractivity contribution is 0.0958. The van der Waals surface area contributed by atoms with Crippen LogP contribution in [0.5, 0.6) is 0 Å². The zero-order valence-electron chi connectivity index (χ0n) is 10.9. The molecule has 0 aliphatic carbocycles. The highest BCUT2D eigenvalue weighted by Crippen LogP contribution is 2.23. The Bertz CT molecular complexity index is 427. The van der Waals surface area contributed by atoms with Crippen LogP contribution in [-0.4, -0.2) is 36.6 Å². The second-order valence-corrected chi connectivity index (χ2v) is 4.94. The summed E-state index contributed by atoms with van der Waals surface area (Å²) in [4.78, 5) is 15.6. The van der Waals surface area contributed by atoms with Gasteiger partial charge in [0.2, 0.25) is 0 Å². The number of nitrogens with one attached hydrogen (secondary N) is 3. The first-order valence-corrected chi connectivity index (χ1v) is 6.30. The van der Waals surface area contributed by atoms with Gasteiger partial charge >= 0.3 is 0 Å². The zero-order chi connectivity index (χ0) is 13.0. The normalized spacial score (nSPS) is 18.1. The molecule has 1 fully saturated rings. The number of amides is 1. The summed E-state index contributed by atoms with van der Waals surface area (Å²) in [6, 6.07) is 3.70. The summed E-state index contributed by atoms with van der Waals surface area (Å²) < 4.78 is 0. The number of hydrogen-bond donors (Lipinski definition) is 3. The van der Waals surface area contributed by atoms with Gasteiger partial charge in [0.25, 0.3) is 5.91 Å². The highest BCUT2D eigenvalue weighted by Gasteiger charge is 2.26. The quantitative estimate of drug-likeness (QED) is 0.746. The van der Waals surface area contributed by atoms with Crippen LogP contribution in [0.25, 0.3) is 0 Å². The van der Waals surface area contributed by atoms with E-state index in [2.05, 4.69) is 27.9 Å². The third-order valence-corrected chi connectivity index (χ3v) is 3.37. The molecule has 2 rings (SSSR count). The van der Waals surface area contributed by atoms with E-state index in [1.807, 2.05) is 6.07 Å². The number of pyridine rings is 1. The van der Waals surface area contributed by atoms with E-state index in [1.165, 1.54) is 0 Å². The molecule has 2 heterocycles. The minimum absolute atomic E-state index is 0.0898. The minimum Gasteiger partial charge on any atom is -0.380 e. The molecule has 0 spiro atoms. The standard InChI is InChI=1S/C13H20N4O/c1-13(4-7-15-8-5-13)17-10-3-6-16-11(9-10)12(18)14-2/h3,6,9,15H,4-5,7-8H2,1-2H3,(H,14,18)(H,16,17). The van der Waals surface area contributed by atoms with E-state index < -0.39 is 0 Å². The number of rotatable bonds is 3. The lowest BCUT2D eigenvalue weighted by atomic mass is 9.90. The van der Waals surface area contributed by atoms with Crippen molar-refractivity contribution in [3.05, 3.63) is 24.0 Å². The third-order valence-electron chi connectivity index (χ3n) is 3.37. The third kappa shape index (κ3) is 2.98. The molecule has 1 aromatic heterocycles. The Balaban J connectivity index is 2.11. The molecular formula is C13H20N4O. The smallest absolute Gasteiger partial charge is 0.269 e. The van der Waals surface area contributed by atoms with E-state index in [0.29, 0.717) is 5.69 Å². The van der Waals surface area contributed by atoms with Crippen LogP contribution in [0.4, 0.5) is 5.69 Å². The van der Waals surface area contributed by atoms with Crippen molar-refractivity contribution >= 4 is 11.6 Å². The lowest BCUT2D eigenvalue weighted by Crippen LogP contribution is -2.45. The van der Waals surface area contributed by atoms with Gasteiger partial charge in [-0.05, 0) is 45.0 Å². The van der Waals surface area contributed by atoms with Gasteiger partial charge in [0.1, 0.15) is 5.69 Å². The van der Waals surface area contributed by atoms with E-state index in [-0.39, 0.29) is 11.4 Å². The number of piperidine rings is 1. The van der Waals surface area contributed by atoms with Crippen molar-refractivity contribution in [2.45, 2.75) is 25.3 Å². The summed E-state index contributed by atoms with van der Waals surface area (Å²) in [6.45, 7) is 4.27. The summed E-state index contributed by atoms with van der Waals surface area (Å²) in [5.74, 6) is -0.158. The molecule has 0 saturated carbocycles. The van der Waals surface area contributed by atoms with Crippen LogP contribution in [0.15, 0.2) is 18.3 Å². The molecule has 1 saturated heterocycles. The molecule has 0 unspecified atom stereocenters. The Morgan fingerprint density at radius 3 is 2.83 bits per heavy atom. The minimum atomic E-state index is -0.158. The second kappa shape index (κ2) is 5.35. The number of carbonyl (C=O) groups is 1. The van der Waals surface area contributed by atoms with Crippen molar-refractivity contribution in [3.8, 4) is 0 Å². The Morgan fingerprint density at radius 2 is 2.17 bits per heavy atom. The average Bonchev–Trinajstić information content (AvgIpc) is 2.38. The summed E-state index contributed by atoms with van der Waals surface area (Å²) in [5, 5.41) is 9.45. The molecule has 98 valence electrons. The Labute approximate surface area is 107 Å². The number of hydrogen-bond acceptors (Lipinski definition) is 4. The summed E-state index contributed by atoms with van der Waals surface area (Å²) >= 11 is 0. The first-order chi connectivity index (χ1) is 8.63. The van der Waals surface area contributed by atoms with E-state index in [9.17, 15) is 4.79 Å². The fourth-order valence-corrected chi connectivity index (χ4v) is 2.21. The van der Waals surface area contributed by atoms with E-state index >= 15 is 0 Å². The second-order valence-electron chi connectivity index (χ2n) is 4.94. The zero-order valence-corrected chi connectivity index (χ0v) is 10.9. The molecule has 0 aromatic carbocycles. The molecular weight excluding hydrogens is 228 g/mol. The van der Waals surface area contributed by atoms with E-state index in [4.69, 9.17) is 0 Å². The van der Waals surface area contributed by atoms with Crippen LogP contribution in [0, 0.1) is 0 Å².